The van der Waals surface area contributed by atoms with Crippen LogP contribution >= 0.6 is 22.7 Å². The summed E-state index contributed by atoms with van der Waals surface area (Å²) in [5.74, 6) is 0. The average Bonchev–Trinajstić information content (AvgIpc) is 4.07. The Kier molecular flexibility index (Phi) is 8.28. The molecular formula is C67H61BN2S2. The molecule has 0 saturated carbocycles. The Morgan fingerprint density at radius 1 is 0.500 bits per heavy atom. The number of nitrogens with zero attached hydrogens (tertiary/aromatic N) is 2. The van der Waals surface area contributed by atoms with Crippen molar-refractivity contribution >= 4 is 114 Å². The Hall–Kier alpha value is -6.14. The number of thiophene rings is 2. The van der Waals surface area contributed by atoms with E-state index >= 15 is 0 Å². The molecule has 0 spiro atoms. The molecule has 0 atom stereocenters. The van der Waals surface area contributed by atoms with Crippen LogP contribution in [0.2, 0.25) is 0 Å². The molecule has 0 fully saturated rings. The van der Waals surface area contributed by atoms with Crippen LogP contribution in [0.3, 0.4) is 0 Å². The SMILES string of the molecule is CC(C)(C)c1ccc(N2B3c4cc5c(cc4-n4c6ccc(C(C)(C)C)cc6c6c7c(sc8ccccc87)c(c3c64)-c3cc4sc6cc7c(cc6c4cc32)C(C)(C)CCC7(C)C)C(C)(C)c2ccccc2-5)cc1. The molecule has 0 unspecified atom stereocenters. The highest BCUT2D eigenvalue weighted by molar-refractivity contribution is 7.27. The van der Waals surface area contributed by atoms with Crippen molar-refractivity contribution < 1.29 is 0 Å². The number of aromatic nitrogens is 1. The summed E-state index contributed by atoms with van der Waals surface area (Å²) in [5, 5.41) is 8.27. The van der Waals surface area contributed by atoms with E-state index in [4.69, 9.17) is 0 Å². The van der Waals surface area contributed by atoms with Gasteiger partial charge >= 0.3 is 6.85 Å². The molecule has 0 amide bonds. The summed E-state index contributed by atoms with van der Waals surface area (Å²) in [6, 6.07) is 51.3. The summed E-state index contributed by atoms with van der Waals surface area (Å²) in [4.78, 5) is 2.79. The molecule has 5 heterocycles. The van der Waals surface area contributed by atoms with E-state index in [0.717, 1.165) is 0 Å². The molecule has 0 radical (unpaired) electrons. The Balaban J connectivity index is 1.16. The summed E-state index contributed by atoms with van der Waals surface area (Å²) >= 11 is 4.00. The molecule has 4 aliphatic rings. The van der Waals surface area contributed by atoms with Gasteiger partial charge in [0.2, 0.25) is 0 Å². The molecule has 2 aliphatic carbocycles. The summed E-state index contributed by atoms with van der Waals surface area (Å²) in [6.07, 6.45) is 2.41. The normalized spacial score (nSPS) is 17.1. The molecular weight excluding hydrogens is 908 g/mol. The second-order valence-corrected chi connectivity index (χ2v) is 28.1. The lowest BCUT2D eigenvalue weighted by Crippen LogP contribution is -2.60. The summed E-state index contributed by atoms with van der Waals surface area (Å²) in [7, 11) is 0. The molecule has 0 N–H and O–H groups in total. The molecule has 2 nitrogen and oxygen atoms in total. The maximum Gasteiger partial charge on any atom is 0.333 e. The first kappa shape index (κ1) is 43.4. The molecule has 8 aromatic carbocycles. The van der Waals surface area contributed by atoms with E-state index < -0.39 is 0 Å². The van der Waals surface area contributed by atoms with Crippen LogP contribution in [0.4, 0.5) is 11.4 Å². The fourth-order valence-corrected chi connectivity index (χ4v) is 16.6. The van der Waals surface area contributed by atoms with Gasteiger partial charge in [-0.3, -0.25) is 0 Å². The van der Waals surface area contributed by atoms with Crippen LogP contribution in [0, 0.1) is 0 Å². The van der Waals surface area contributed by atoms with Crippen LogP contribution in [0.1, 0.15) is 129 Å². The Morgan fingerprint density at radius 2 is 1.17 bits per heavy atom. The van der Waals surface area contributed by atoms with Crippen molar-refractivity contribution in [2.75, 3.05) is 4.81 Å². The highest BCUT2D eigenvalue weighted by Crippen LogP contribution is 2.57. The third-order valence-corrected chi connectivity index (χ3v) is 20.6. The summed E-state index contributed by atoms with van der Waals surface area (Å²) in [6.45, 7) is 28.8. The van der Waals surface area contributed by atoms with Gasteiger partial charge in [-0.2, -0.15) is 0 Å². The predicted molar refractivity (Wildman–Crippen MR) is 316 cm³/mol. The van der Waals surface area contributed by atoms with Gasteiger partial charge in [-0.05, 0) is 151 Å². The van der Waals surface area contributed by atoms with Crippen molar-refractivity contribution in [3.8, 4) is 27.9 Å². The predicted octanol–water partition coefficient (Wildman–Crippen LogP) is 18.0. The Bertz CT molecular complexity index is 4270. The average molecular weight is 969 g/mol. The van der Waals surface area contributed by atoms with E-state index in [-0.39, 0.29) is 33.9 Å². The molecule has 3 aromatic heterocycles. The number of anilines is 2. The molecule has 0 saturated heterocycles. The molecule has 72 heavy (non-hydrogen) atoms. The maximum atomic E-state index is 2.79. The van der Waals surface area contributed by atoms with Crippen molar-refractivity contribution in [1.29, 1.82) is 0 Å². The third-order valence-electron chi connectivity index (χ3n) is 18.3. The van der Waals surface area contributed by atoms with Crippen LogP contribution in [0.5, 0.6) is 0 Å². The van der Waals surface area contributed by atoms with Crippen LogP contribution in [0.25, 0.3) is 90.1 Å². The zero-order valence-electron chi connectivity index (χ0n) is 43.8. The quantitative estimate of drug-likeness (QED) is 0.149. The summed E-state index contributed by atoms with van der Waals surface area (Å²) in [5.41, 5.74) is 23.5. The minimum absolute atomic E-state index is 0.0146. The number of rotatable bonds is 1. The summed E-state index contributed by atoms with van der Waals surface area (Å²) < 4.78 is 8.25. The molecule has 15 rings (SSSR count). The van der Waals surface area contributed by atoms with Gasteiger partial charge in [-0.15, -0.1) is 22.7 Å². The number of benzene rings is 8. The monoisotopic (exact) mass is 968 g/mol. The van der Waals surface area contributed by atoms with E-state index in [9.17, 15) is 0 Å². The van der Waals surface area contributed by atoms with E-state index in [2.05, 4.69) is 220 Å². The zero-order chi connectivity index (χ0) is 49.5. The van der Waals surface area contributed by atoms with Gasteiger partial charge in [0.05, 0.1) is 11.0 Å². The van der Waals surface area contributed by atoms with E-state index in [1.807, 2.05) is 22.7 Å². The van der Waals surface area contributed by atoms with Gasteiger partial charge in [0.1, 0.15) is 0 Å². The maximum absolute atomic E-state index is 2.79. The second-order valence-electron chi connectivity index (χ2n) is 26.0. The van der Waals surface area contributed by atoms with E-state index in [1.165, 1.54) is 159 Å². The molecule has 354 valence electrons. The van der Waals surface area contributed by atoms with Gasteiger partial charge in [-0.25, -0.2) is 0 Å². The lowest BCUT2D eigenvalue weighted by molar-refractivity contribution is 0.332. The van der Waals surface area contributed by atoms with Crippen molar-refractivity contribution in [3.05, 3.63) is 161 Å². The van der Waals surface area contributed by atoms with Crippen molar-refractivity contribution in [1.82, 2.24) is 4.57 Å². The van der Waals surface area contributed by atoms with Crippen LogP contribution < -0.4 is 15.7 Å². The standard InChI is InChI=1S/C67H61BN2S2/c1-63(2,3)36-21-24-38(25-22-36)70-52-32-43-42-30-48-49(66(9,10)28-27-65(48,7)8)35-56(42)71-55(43)33-45(52)59-60-61-57(58-40-18-14-16-20-54(40)72-62(58)59)44-29-37(64(4,5)6)23-26-51(44)69(61)53-34-47-41(31-50(53)68(60)70)39-17-13-15-19-46(39)67(47,11)12/h13-26,29-35H,27-28H2,1-12H3. The first-order valence-corrected chi connectivity index (χ1v) is 28.0. The first-order valence-electron chi connectivity index (χ1n) is 26.4. The fourth-order valence-electron chi connectivity index (χ4n) is 14.2. The van der Waals surface area contributed by atoms with Crippen molar-refractivity contribution in [2.45, 2.75) is 123 Å². The first-order chi connectivity index (χ1) is 34.2. The van der Waals surface area contributed by atoms with E-state index in [1.54, 1.807) is 0 Å². The Labute approximate surface area is 432 Å². The van der Waals surface area contributed by atoms with Gasteiger partial charge < -0.3 is 9.38 Å². The molecule has 5 heteroatoms. The van der Waals surface area contributed by atoms with Crippen molar-refractivity contribution in [2.24, 2.45) is 0 Å². The van der Waals surface area contributed by atoms with Gasteiger partial charge in [-0.1, -0.05) is 150 Å². The smallest absolute Gasteiger partial charge is 0.333 e. The van der Waals surface area contributed by atoms with Gasteiger partial charge in [0.25, 0.3) is 0 Å². The number of hydrogen-bond acceptors (Lipinski definition) is 3. The largest absolute Gasteiger partial charge is 0.376 e. The Morgan fingerprint density at radius 3 is 1.92 bits per heavy atom. The van der Waals surface area contributed by atoms with Crippen molar-refractivity contribution in [3.63, 3.8) is 0 Å². The van der Waals surface area contributed by atoms with Crippen LogP contribution in [-0.4, -0.2) is 11.4 Å². The molecule has 0 bridgehead atoms. The minimum Gasteiger partial charge on any atom is -0.376 e. The number of hydrogen-bond donors (Lipinski definition) is 0. The highest BCUT2D eigenvalue weighted by atomic mass is 32.1. The topological polar surface area (TPSA) is 8.17 Å². The number of fused-ring (bicyclic) bond motifs is 20. The highest BCUT2D eigenvalue weighted by Gasteiger charge is 2.48. The van der Waals surface area contributed by atoms with Crippen LogP contribution in [-0.2, 0) is 27.1 Å². The third kappa shape index (κ3) is 5.52. The second kappa shape index (κ2) is 13.7. The van der Waals surface area contributed by atoms with Gasteiger partial charge in [0.15, 0.2) is 0 Å². The zero-order valence-corrected chi connectivity index (χ0v) is 45.5. The molecule has 2 aliphatic heterocycles. The van der Waals surface area contributed by atoms with Gasteiger partial charge in [0, 0.05) is 84.7 Å². The molecule has 11 aromatic rings. The minimum atomic E-state index is -0.155. The lowest BCUT2D eigenvalue weighted by atomic mass is 9.43. The lowest BCUT2D eigenvalue weighted by Gasteiger charge is -2.43. The fraction of sp³-hybridized carbons (Fsp3) is 0.284. The van der Waals surface area contributed by atoms with Crippen LogP contribution in [0.15, 0.2) is 127 Å². The van der Waals surface area contributed by atoms with E-state index in [0.29, 0.717) is 0 Å².